The van der Waals surface area contributed by atoms with Gasteiger partial charge in [0.1, 0.15) is 11.4 Å². The van der Waals surface area contributed by atoms with Crippen LogP contribution in [0.15, 0.2) is 57.2 Å². The highest BCUT2D eigenvalue weighted by atomic mass is 35.5. The lowest BCUT2D eigenvalue weighted by Crippen LogP contribution is -2.35. The molecule has 8 nitrogen and oxygen atoms in total. The zero-order chi connectivity index (χ0) is 22.1. The fourth-order valence-electron chi connectivity index (χ4n) is 3.87. The fraction of sp³-hybridized carbons (Fsp3) is 0.364. The van der Waals surface area contributed by atoms with Crippen LogP contribution in [0.3, 0.4) is 0 Å². The van der Waals surface area contributed by atoms with Crippen LogP contribution in [-0.4, -0.2) is 37.2 Å². The van der Waals surface area contributed by atoms with Crippen LogP contribution in [0.2, 0.25) is 5.02 Å². The molecule has 1 aliphatic heterocycles. The molecule has 5 heterocycles. The van der Waals surface area contributed by atoms with E-state index < -0.39 is 0 Å². The van der Waals surface area contributed by atoms with E-state index in [0.717, 1.165) is 48.7 Å². The topological polar surface area (TPSA) is 81.5 Å². The van der Waals surface area contributed by atoms with E-state index in [9.17, 15) is 4.79 Å². The molecule has 0 unspecified atom stereocenters. The highest BCUT2D eigenvalue weighted by molar-refractivity contribution is 7.98. The Bertz CT molecular complexity index is 1280. The van der Waals surface area contributed by atoms with Gasteiger partial charge in [0, 0.05) is 31.1 Å². The summed E-state index contributed by atoms with van der Waals surface area (Å²) in [5, 5.41) is 10.2. The minimum Gasteiger partial charge on any atom is -0.467 e. The second kappa shape index (κ2) is 8.99. The number of fused-ring (bicyclic) bond motifs is 1. The van der Waals surface area contributed by atoms with Crippen LogP contribution >= 0.6 is 23.4 Å². The van der Waals surface area contributed by atoms with E-state index in [1.165, 1.54) is 22.2 Å². The summed E-state index contributed by atoms with van der Waals surface area (Å²) in [7, 11) is 0. The number of hydrogen-bond acceptors (Lipinski definition) is 7. The summed E-state index contributed by atoms with van der Waals surface area (Å²) in [6.07, 6.45) is 5.54. The third-order valence-corrected chi connectivity index (χ3v) is 6.91. The number of halogens is 1. The first-order chi connectivity index (χ1) is 15.6. The summed E-state index contributed by atoms with van der Waals surface area (Å²) >= 11 is 7.51. The van der Waals surface area contributed by atoms with Gasteiger partial charge in [0.25, 0.3) is 5.56 Å². The SMILES string of the molecule is CC1CCN(c2nnc(SCc3cc(=O)n4cc(Cl)ccc4n3)n2Cc2ccco2)CC1. The van der Waals surface area contributed by atoms with Crippen LogP contribution in [-0.2, 0) is 12.3 Å². The number of hydrogen-bond donors (Lipinski definition) is 0. The number of thioether (sulfide) groups is 1. The van der Waals surface area contributed by atoms with E-state index in [2.05, 4.69) is 31.6 Å². The second-order valence-electron chi connectivity index (χ2n) is 8.07. The highest BCUT2D eigenvalue weighted by Crippen LogP contribution is 2.28. The van der Waals surface area contributed by atoms with Crippen molar-refractivity contribution in [2.24, 2.45) is 5.92 Å². The fourth-order valence-corrected chi connectivity index (χ4v) is 4.85. The third kappa shape index (κ3) is 4.40. The van der Waals surface area contributed by atoms with E-state index in [4.69, 9.17) is 16.0 Å². The van der Waals surface area contributed by atoms with Gasteiger partial charge < -0.3 is 9.32 Å². The molecule has 32 heavy (non-hydrogen) atoms. The second-order valence-corrected chi connectivity index (χ2v) is 9.45. The summed E-state index contributed by atoms with van der Waals surface area (Å²) in [5.41, 5.74) is 1.09. The van der Waals surface area contributed by atoms with Crippen LogP contribution in [0.4, 0.5) is 5.95 Å². The minimum atomic E-state index is -0.159. The number of nitrogens with zero attached hydrogens (tertiary/aromatic N) is 6. The van der Waals surface area contributed by atoms with Crippen molar-refractivity contribution in [3.63, 3.8) is 0 Å². The Kier molecular flexibility index (Phi) is 5.93. The molecule has 0 aliphatic carbocycles. The van der Waals surface area contributed by atoms with Gasteiger partial charge in [-0.1, -0.05) is 30.3 Å². The quantitative estimate of drug-likeness (QED) is 0.392. The molecule has 1 fully saturated rings. The predicted molar refractivity (Wildman–Crippen MR) is 124 cm³/mol. The number of aromatic nitrogens is 5. The average Bonchev–Trinajstić information content (AvgIpc) is 3.44. The summed E-state index contributed by atoms with van der Waals surface area (Å²) in [5.74, 6) is 2.94. The van der Waals surface area contributed by atoms with Gasteiger partial charge in [-0.05, 0) is 43.0 Å². The largest absolute Gasteiger partial charge is 0.467 e. The van der Waals surface area contributed by atoms with E-state index >= 15 is 0 Å². The molecule has 0 atom stereocenters. The molecule has 0 saturated carbocycles. The Hall–Kier alpha value is -2.78. The van der Waals surface area contributed by atoms with Crippen molar-refractivity contribution in [2.45, 2.75) is 37.2 Å². The van der Waals surface area contributed by atoms with Crippen LogP contribution in [0, 0.1) is 5.92 Å². The van der Waals surface area contributed by atoms with Gasteiger partial charge in [-0.25, -0.2) is 4.98 Å². The summed E-state index contributed by atoms with van der Waals surface area (Å²) in [4.78, 5) is 19.4. The van der Waals surface area contributed by atoms with E-state index in [-0.39, 0.29) is 5.56 Å². The van der Waals surface area contributed by atoms with Crippen LogP contribution in [0.1, 0.15) is 31.2 Å². The monoisotopic (exact) mass is 470 g/mol. The van der Waals surface area contributed by atoms with Gasteiger partial charge in [0.05, 0.1) is 23.5 Å². The van der Waals surface area contributed by atoms with Crippen LogP contribution < -0.4 is 10.5 Å². The number of rotatable bonds is 6. The number of piperidine rings is 1. The van der Waals surface area contributed by atoms with E-state index in [1.807, 2.05) is 12.1 Å². The molecule has 0 radical (unpaired) electrons. The molecule has 10 heteroatoms. The van der Waals surface area contributed by atoms with Crippen LogP contribution in [0.25, 0.3) is 5.65 Å². The Labute approximate surface area is 194 Å². The van der Waals surface area contributed by atoms with Gasteiger partial charge in [0.15, 0.2) is 5.16 Å². The summed E-state index contributed by atoms with van der Waals surface area (Å²) in [6, 6.07) is 8.84. The molecule has 0 N–H and O–H groups in total. The summed E-state index contributed by atoms with van der Waals surface area (Å²) < 4.78 is 9.13. The molecular weight excluding hydrogens is 448 g/mol. The minimum absolute atomic E-state index is 0.159. The highest BCUT2D eigenvalue weighted by Gasteiger charge is 2.23. The normalized spacial score (nSPS) is 15.0. The third-order valence-electron chi connectivity index (χ3n) is 5.68. The molecule has 1 saturated heterocycles. The van der Waals surface area contributed by atoms with Crippen molar-refractivity contribution in [3.05, 3.63) is 69.6 Å². The summed E-state index contributed by atoms with van der Waals surface area (Å²) in [6.45, 7) is 4.77. The maximum Gasteiger partial charge on any atom is 0.258 e. The molecule has 166 valence electrons. The van der Waals surface area contributed by atoms with Crippen molar-refractivity contribution in [1.82, 2.24) is 24.1 Å². The smallest absolute Gasteiger partial charge is 0.258 e. The number of anilines is 1. The molecular formula is C22H23ClN6O2S. The zero-order valence-electron chi connectivity index (χ0n) is 17.6. The Morgan fingerprint density at radius 2 is 2.06 bits per heavy atom. The Morgan fingerprint density at radius 1 is 1.22 bits per heavy atom. The van der Waals surface area contributed by atoms with Crippen molar-refractivity contribution >= 4 is 35.0 Å². The Balaban J connectivity index is 1.41. The van der Waals surface area contributed by atoms with E-state index in [0.29, 0.717) is 28.7 Å². The number of furan rings is 1. The first-order valence-corrected chi connectivity index (χ1v) is 11.9. The number of pyridine rings is 1. The maximum atomic E-state index is 12.5. The molecule has 4 aromatic heterocycles. The average molecular weight is 471 g/mol. The lowest BCUT2D eigenvalue weighted by Gasteiger charge is -2.31. The van der Waals surface area contributed by atoms with Crippen molar-refractivity contribution in [3.8, 4) is 0 Å². The molecule has 4 aromatic rings. The molecule has 0 spiro atoms. The Morgan fingerprint density at radius 3 is 2.84 bits per heavy atom. The van der Waals surface area contributed by atoms with Crippen molar-refractivity contribution < 1.29 is 4.42 Å². The first kappa shape index (κ1) is 21.1. The first-order valence-electron chi connectivity index (χ1n) is 10.6. The van der Waals surface area contributed by atoms with E-state index in [1.54, 1.807) is 24.6 Å². The molecule has 0 aromatic carbocycles. The molecule has 0 bridgehead atoms. The molecule has 5 rings (SSSR count). The van der Waals surface area contributed by atoms with Crippen LogP contribution in [0.5, 0.6) is 0 Å². The zero-order valence-corrected chi connectivity index (χ0v) is 19.2. The standard InChI is InChI=1S/C22H23ClN6O2S/c1-15-6-8-27(9-7-15)21-25-26-22(29(21)13-18-3-2-10-31-18)32-14-17-11-20(30)28-12-16(23)4-5-19(28)24-17/h2-5,10-12,15H,6-9,13-14H2,1H3. The van der Waals surface area contributed by atoms with Crippen molar-refractivity contribution in [2.75, 3.05) is 18.0 Å². The molecule has 1 aliphatic rings. The maximum absolute atomic E-state index is 12.5. The lowest BCUT2D eigenvalue weighted by atomic mass is 10.00. The van der Waals surface area contributed by atoms with Gasteiger partial charge in [-0.2, -0.15) is 0 Å². The van der Waals surface area contributed by atoms with Gasteiger partial charge in [-0.3, -0.25) is 13.8 Å². The van der Waals surface area contributed by atoms with Gasteiger partial charge in [0.2, 0.25) is 5.95 Å². The lowest BCUT2D eigenvalue weighted by molar-refractivity contribution is 0.427. The van der Waals surface area contributed by atoms with Crippen molar-refractivity contribution in [1.29, 1.82) is 0 Å². The molecule has 0 amide bonds. The predicted octanol–water partition coefficient (Wildman–Crippen LogP) is 4.11. The van der Waals surface area contributed by atoms with Gasteiger partial charge in [-0.15, -0.1) is 10.2 Å². The van der Waals surface area contributed by atoms with Gasteiger partial charge >= 0.3 is 0 Å².